The van der Waals surface area contributed by atoms with Crippen LogP contribution in [0.25, 0.3) is 11.0 Å². The van der Waals surface area contributed by atoms with Crippen molar-refractivity contribution in [2.45, 2.75) is 78.8 Å². The Morgan fingerprint density at radius 3 is 2.76 bits per heavy atom. The van der Waals surface area contributed by atoms with E-state index >= 15 is 0 Å². The van der Waals surface area contributed by atoms with E-state index in [4.69, 9.17) is 4.74 Å². The van der Waals surface area contributed by atoms with E-state index in [1.807, 2.05) is 33.8 Å². The molecule has 1 amide bonds. The minimum Gasteiger partial charge on any atom is -0.464 e. The Kier molecular flexibility index (Phi) is 9.09. The molecule has 2 aromatic heterocycles. The van der Waals surface area contributed by atoms with Gasteiger partial charge in [0.15, 0.2) is 0 Å². The summed E-state index contributed by atoms with van der Waals surface area (Å²) in [5.41, 5.74) is 2.01. The number of esters is 1. The lowest BCUT2D eigenvalue weighted by Gasteiger charge is -2.19. The van der Waals surface area contributed by atoms with Gasteiger partial charge in [-0.2, -0.15) is 0 Å². The van der Waals surface area contributed by atoms with Gasteiger partial charge in [-0.1, -0.05) is 27.2 Å². The number of unbranched alkanes of at least 4 members (excludes halogenated alkanes) is 2. The monoisotopic (exact) mass is 402 g/mol. The Morgan fingerprint density at radius 1 is 1.24 bits per heavy atom. The molecule has 0 aliphatic heterocycles. The lowest BCUT2D eigenvalue weighted by Crippen LogP contribution is -2.42. The van der Waals surface area contributed by atoms with Crippen molar-refractivity contribution in [1.29, 1.82) is 0 Å². The van der Waals surface area contributed by atoms with Crippen molar-refractivity contribution in [1.82, 2.24) is 19.9 Å². The van der Waals surface area contributed by atoms with Crippen LogP contribution in [0.5, 0.6) is 0 Å². The molecule has 0 aliphatic carbocycles. The van der Waals surface area contributed by atoms with E-state index in [-0.39, 0.29) is 11.9 Å². The smallest absolute Gasteiger partial charge is 0.328 e. The number of imidazole rings is 1. The number of pyridine rings is 1. The predicted octanol–water partition coefficient (Wildman–Crippen LogP) is 3.78. The lowest BCUT2D eigenvalue weighted by atomic mass is 10.0. The first-order valence-electron chi connectivity index (χ1n) is 10.6. The lowest BCUT2D eigenvalue weighted by molar-refractivity contribution is -0.148. The molecular formula is C22H34N4O3. The Hall–Kier alpha value is -2.44. The van der Waals surface area contributed by atoms with Crippen LogP contribution < -0.4 is 5.32 Å². The number of carbonyl (C=O) groups is 2. The van der Waals surface area contributed by atoms with Crippen LogP contribution in [0.2, 0.25) is 0 Å². The van der Waals surface area contributed by atoms with Crippen LogP contribution in [0.3, 0.4) is 0 Å². The van der Waals surface area contributed by atoms with E-state index in [0.717, 1.165) is 49.1 Å². The molecule has 0 fully saturated rings. The van der Waals surface area contributed by atoms with E-state index in [1.165, 1.54) is 0 Å². The Morgan fingerprint density at radius 2 is 2.03 bits per heavy atom. The number of amides is 1. The fraction of sp³-hybridized carbons (Fsp3) is 0.636. The molecule has 1 atom stereocenters. The summed E-state index contributed by atoms with van der Waals surface area (Å²) in [6.45, 7) is 9.28. The van der Waals surface area contributed by atoms with Crippen LogP contribution in [-0.2, 0) is 20.9 Å². The van der Waals surface area contributed by atoms with Gasteiger partial charge in [0.25, 0.3) is 0 Å². The second-order valence-electron chi connectivity index (χ2n) is 7.90. The van der Waals surface area contributed by atoms with Crippen LogP contribution in [0.15, 0.2) is 18.5 Å². The molecule has 2 heterocycles. The Balaban J connectivity index is 1.75. The first-order chi connectivity index (χ1) is 13.9. The molecule has 2 rings (SSSR count). The molecule has 0 saturated heterocycles. The number of nitrogens with one attached hydrogen (secondary N) is 1. The number of nitrogens with zero attached hydrogens (tertiary/aromatic N) is 3. The van der Waals surface area contributed by atoms with Crippen molar-refractivity contribution in [3.63, 3.8) is 0 Å². The largest absolute Gasteiger partial charge is 0.464 e. The molecule has 0 aromatic carbocycles. The summed E-state index contributed by atoms with van der Waals surface area (Å²) in [7, 11) is 0. The van der Waals surface area contributed by atoms with Gasteiger partial charge < -0.3 is 14.6 Å². The highest BCUT2D eigenvalue weighted by molar-refractivity contribution is 5.84. The Bertz CT molecular complexity index is 800. The zero-order valence-corrected chi connectivity index (χ0v) is 18.1. The molecule has 0 unspecified atom stereocenters. The third-order valence-corrected chi connectivity index (χ3v) is 4.80. The maximum atomic E-state index is 12.3. The highest BCUT2D eigenvalue weighted by Crippen LogP contribution is 2.16. The minimum atomic E-state index is -0.553. The number of fused-ring (bicyclic) bond motifs is 1. The summed E-state index contributed by atoms with van der Waals surface area (Å²) >= 11 is 0. The maximum Gasteiger partial charge on any atom is 0.328 e. The molecule has 0 aliphatic rings. The average Bonchev–Trinajstić information content (AvgIpc) is 3.00. The number of aryl methyl sites for hydroxylation is 2. The van der Waals surface area contributed by atoms with Crippen LogP contribution >= 0.6 is 0 Å². The minimum absolute atomic E-state index is 0.0839. The van der Waals surface area contributed by atoms with Gasteiger partial charge in [0.1, 0.15) is 17.4 Å². The molecule has 7 nitrogen and oxygen atoms in total. The summed E-state index contributed by atoms with van der Waals surface area (Å²) in [4.78, 5) is 33.1. The molecule has 1 N–H and O–H groups in total. The summed E-state index contributed by atoms with van der Waals surface area (Å²) < 4.78 is 7.41. The fourth-order valence-electron chi connectivity index (χ4n) is 3.37. The number of hydrogen-bond acceptors (Lipinski definition) is 5. The number of rotatable bonds is 12. The van der Waals surface area contributed by atoms with Crippen molar-refractivity contribution < 1.29 is 14.3 Å². The van der Waals surface area contributed by atoms with Crippen molar-refractivity contribution in [3.8, 4) is 0 Å². The second-order valence-corrected chi connectivity index (χ2v) is 7.90. The van der Waals surface area contributed by atoms with Gasteiger partial charge in [-0.25, -0.2) is 9.78 Å². The van der Waals surface area contributed by atoms with E-state index in [0.29, 0.717) is 25.4 Å². The first-order valence-corrected chi connectivity index (χ1v) is 10.6. The predicted molar refractivity (Wildman–Crippen MR) is 113 cm³/mol. The van der Waals surface area contributed by atoms with Crippen LogP contribution in [0.4, 0.5) is 0 Å². The summed E-state index contributed by atoms with van der Waals surface area (Å²) in [6.07, 6.45) is 8.04. The zero-order valence-electron chi connectivity index (χ0n) is 18.1. The van der Waals surface area contributed by atoms with E-state index < -0.39 is 6.04 Å². The quantitative estimate of drug-likeness (QED) is 0.431. The number of aromatic nitrogens is 3. The first kappa shape index (κ1) is 22.8. The molecule has 0 bridgehead atoms. The van der Waals surface area contributed by atoms with Crippen molar-refractivity contribution in [3.05, 3.63) is 24.3 Å². The van der Waals surface area contributed by atoms with Crippen molar-refractivity contribution in [2.24, 2.45) is 5.92 Å². The standard InChI is InChI=1S/C22H34N4O3/c1-5-13-29-22(28)18(14-16(2)3)25-21(27)9-7-6-8-12-26-17(4)24-19-15-23-11-10-20(19)26/h10-11,15-16,18H,5-9,12-14H2,1-4H3,(H,25,27)/t18-/m0/s1. The Labute approximate surface area is 173 Å². The molecule has 0 spiro atoms. The normalized spacial score (nSPS) is 12.3. The number of hydrogen-bond donors (Lipinski definition) is 1. The molecule has 160 valence electrons. The van der Waals surface area contributed by atoms with Crippen LogP contribution in [0.1, 0.15) is 65.1 Å². The SMILES string of the molecule is CCCOC(=O)[C@H](CC(C)C)NC(=O)CCCCCn1c(C)nc2cnccc21. The molecule has 7 heteroatoms. The van der Waals surface area contributed by atoms with Crippen molar-refractivity contribution >= 4 is 22.9 Å². The topological polar surface area (TPSA) is 86.1 Å². The highest BCUT2D eigenvalue weighted by Gasteiger charge is 2.23. The number of carbonyl (C=O) groups excluding carboxylic acids is 2. The van der Waals surface area contributed by atoms with E-state index in [1.54, 1.807) is 12.4 Å². The zero-order chi connectivity index (χ0) is 21.2. The van der Waals surface area contributed by atoms with Crippen LogP contribution in [-0.4, -0.2) is 39.1 Å². The van der Waals surface area contributed by atoms with E-state index in [2.05, 4.69) is 19.9 Å². The summed E-state index contributed by atoms with van der Waals surface area (Å²) in [5, 5.41) is 2.86. The summed E-state index contributed by atoms with van der Waals surface area (Å²) in [5.74, 6) is 0.871. The van der Waals surface area contributed by atoms with Gasteiger partial charge in [-0.15, -0.1) is 0 Å². The van der Waals surface area contributed by atoms with Gasteiger partial charge in [-0.3, -0.25) is 9.78 Å². The number of ether oxygens (including phenoxy) is 1. The third-order valence-electron chi connectivity index (χ3n) is 4.80. The molecule has 0 saturated carbocycles. The average molecular weight is 403 g/mol. The molecule has 29 heavy (non-hydrogen) atoms. The third kappa shape index (κ3) is 7.15. The molecule has 0 radical (unpaired) electrons. The van der Waals surface area contributed by atoms with Gasteiger partial charge in [0, 0.05) is 19.2 Å². The molecular weight excluding hydrogens is 368 g/mol. The second kappa shape index (κ2) is 11.5. The highest BCUT2D eigenvalue weighted by atomic mass is 16.5. The fourth-order valence-corrected chi connectivity index (χ4v) is 3.37. The van der Waals surface area contributed by atoms with E-state index in [9.17, 15) is 9.59 Å². The van der Waals surface area contributed by atoms with Crippen molar-refractivity contribution in [2.75, 3.05) is 6.61 Å². The van der Waals surface area contributed by atoms with Gasteiger partial charge >= 0.3 is 5.97 Å². The maximum absolute atomic E-state index is 12.3. The van der Waals surface area contributed by atoms with Gasteiger partial charge in [0.2, 0.25) is 5.91 Å². The van der Waals surface area contributed by atoms with Gasteiger partial charge in [0.05, 0.1) is 18.3 Å². The summed E-state index contributed by atoms with van der Waals surface area (Å²) in [6, 6.07) is 1.43. The van der Waals surface area contributed by atoms with Gasteiger partial charge in [-0.05, 0) is 44.6 Å². The van der Waals surface area contributed by atoms with Crippen LogP contribution in [0, 0.1) is 12.8 Å². The molecule has 2 aromatic rings.